The molecule has 1 aromatic carbocycles. The van der Waals surface area contributed by atoms with Gasteiger partial charge in [0.05, 0.1) is 12.6 Å². The molecule has 7 nitrogen and oxygen atoms in total. The molecule has 0 aliphatic carbocycles. The van der Waals surface area contributed by atoms with Crippen LogP contribution in [0.1, 0.15) is 39.6 Å². The summed E-state index contributed by atoms with van der Waals surface area (Å²) in [5.41, 5.74) is 1.48. The van der Waals surface area contributed by atoms with E-state index in [1.54, 1.807) is 25.3 Å². The lowest BCUT2D eigenvalue weighted by molar-refractivity contribution is -0.145. The molecule has 1 fully saturated rings. The van der Waals surface area contributed by atoms with Crippen LogP contribution in [0.15, 0.2) is 36.8 Å². The molecule has 2 aromatic heterocycles. The van der Waals surface area contributed by atoms with Gasteiger partial charge in [0.2, 0.25) is 5.82 Å². The van der Waals surface area contributed by atoms with Crippen molar-refractivity contribution in [2.75, 3.05) is 19.7 Å². The van der Waals surface area contributed by atoms with Crippen LogP contribution in [-0.2, 0) is 6.18 Å². The Bertz CT molecular complexity index is 1130. The Kier molecular flexibility index (Phi) is 6.61. The van der Waals surface area contributed by atoms with Crippen molar-refractivity contribution in [2.45, 2.75) is 26.1 Å². The number of ether oxygens (including phenoxy) is 1. The lowest BCUT2D eigenvalue weighted by Crippen LogP contribution is -2.45. The summed E-state index contributed by atoms with van der Waals surface area (Å²) in [6, 6.07) is 4.63. The number of hydrogen-bond donors (Lipinski definition) is 2. The van der Waals surface area contributed by atoms with Crippen molar-refractivity contribution >= 4 is 17.2 Å². The highest BCUT2D eigenvalue weighted by molar-refractivity contribution is 7.14. The van der Waals surface area contributed by atoms with Gasteiger partial charge in [-0.05, 0) is 32.0 Å². The van der Waals surface area contributed by atoms with Gasteiger partial charge in [0.15, 0.2) is 0 Å². The van der Waals surface area contributed by atoms with Crippen LogP contribution in [0.3, 0.4) is 0 Å². The van der Waals surface area contributed by atoms with Crippen LogP contribution in [0.25, 0.3) is 10.6 Å². The average molecular weight is 478 g/mol. The molecule has 3 heterocycles. The van der Waals surface area contributed by atoms with Crippen molar-refractivity contribution < 1.29 is 22.7 Å². The van der Waals surface area contributed by atoms with Gasteiger partial charge in [-0.1, -0.05) is 0 Å². The largest absolute Gasteiger partial charge is 0.493 e. The number of hydrogen-bond acceptors (Lipinski definition) is 7. The summed E-state index contributed by atoms with van der Waals surface area (Å²) in [5, 5.41) is 6.74. The maximum absolute atomic E-state index is 13.0. The zero-order chi connectivity index (χ0) is 23.6. The van der Waals surface area contributed by atoms with Crippen molar-refractivity contribution in [2.24, 2.45) is 5.92 Å². The SMILES string of the molecule is Cc1cnc(-c2cc(OCC3CNC3)cc(C(=O)NC(C)c3cnc(C(F)(F)F)nc3)c2)s1. The zero-order valence-electron chi connectivity index (χ0n) is 17.9. The summed E-state index contributed by atoms with van der Waals surface area (Å²) in [4.78, 5) is 25.1. The molecule has 4 rings (SSSR count). The minimum atomic E-state index is -4.62. The highest BCUT2D eigenvalue weighted by Gasteiger charge is 2.34. The van der Waals surface area contributed by atoms with E-state index in [4.69, 9.17) is 4.74 Å². The van der Waals surface area contributed by atoms with Gasteiger partial charge < -0.3 is 15.4 Å². The maximum Gasteiger partial charge on any atom is 0.451 e. The molecule has 11 heteroatoms. The molecule has 1 aliphatic rings. The molecule has 0 spiro atoms. The topological polar surface area (TPSA) is 89.0 Å². The first-order valence-corrected chi connectivity index (χ1v) is 11.1. The van der Waals surface area contributed by atoms with Gasteiger partial charge in [-0.2, -0.15) is 13.2 Å². The molecule has 1 atom stereocenters. The second-order valence-electron chi connectivity index (χ2n) is 7.89. The van der Waals surface area contributed by atoms with E-state index in [1.807, 2.05) is 13.0 Å². The van der Waals surface area contributed by atoms with Crippen LogP contribution in [0.5, 0.6) is 5.75 Å². The number of alkyl halides is 3. The maximum atomic E-state index is 13.0. The van der Waals surface area contributed by atoms with Gasteiger partial charge in [-0.15, -0.1) is 11.3 Å². The van der Waals surface area contributed by atoms with E-state index < -0.39 is 23.9 Å². The predicted molar refractivity (Wildman–Crippen MR) is 117 cm³/mol. The van der Waals surface area contributed by atoms with E-state index in [2.05, 4.69) is 25.6 Å². The van der Waals surface area contributed by atoms with E-state index >= 15 is 0 Å². The summed E-state index contributed by atoms with van der Waals surface area (Å²) < 4.78 is 44.0. The first kappa shape index (κ1) is 23.1. The molecule has 2 N–H and O–H groups in total. The Morgan fingerprint density at radius 1 is 1.21 bits per heavy atom. The average Bonchev–Trinajstić information content (AvgIpc) is 3.18. The molecule has 0 radical (unpaired) electrons. The van der Waals surface area contributed by atoms with Crippen molar-refractivity contribution in [1.29, 1.82) is 0 Å². The number of amides is 1. The predicted octanol–water partition coefficient (Wildman–Crippen LogP) is 4.02. The molecule has 1 aliphatic heterocycles. The summed E-state index contributed by atoms with van der Waals surface area (Å²) in [6.45, 7) is 5.93. The van der Waals surface area contributed by atoms with Crippen LogP contribution in [0.2, 0.25) is 0 Å². The number of halogens is 3. The molecule has 174 valence electrons. The van der Waals surface area contributed by atoms with Crippen molar-refractivity contribution in [1.82, 2.24) is 25.6 Å². The summed E-state index contributed by atoms with van der Waals surface area (Å²) in [5.74, 6) is -0.636. The fourth-order valence-corrected chi connectivity index (χ4v) is 3.93. The molecule has 1 saturated heterocycles. The van der Waals surface area contributed by atoms with E-state index in [9.17, 15) is 18.0 Å². The third-order valence-corrected chi connectivity index (χ3v) is 6.12. The minimum Gasteiger partial charge on any atom is -0.493 e. The zero-order valence-corrected chi connectivity index (χ0v) is 18.8. The number of thiazole rings is 1. The Balaban J connectivity index is 1.53. The van der Waals surface area contributed by atoms with Crippen molar-refractivity contribution in [3.63, 3.8) is 0 Å². The normalized spacial score (nSPS) is 15.1. The quantitative estimate of drug-likeness (QED) is 0.535. The Hall–Kier alpha value is -3.05. The van der Waals surface area contributed by atoms with Gasteiger partial charge >= 0.3 is 6.18 Å². The van der Waals surface area contributed by atoms with E-state index in [0.717, 1.165) is 40.9 Å². The molecule has 1 unspecified atom stereocenters. The van der Waals surface area contributed by atoms with Crippen LogP contribution in [0, 0.1) is 12.8 Å². The molecular formula is C22H22F3N5O2S. The highest BCUT2D eigenvalue weighted by atomic mass is 32.1. The molecule has 3 aromatic rings. The first-order chi connectivity index (χ1) is 15.7. The first-order valence-electron chi connectivity index (χ1n) is 10.3. The Labute approximate surface area is 192 Å². The Morgan fingerprint density at radius 3 is 2.52 bits per heavy atom. The lowest BCUT2D eigenvalue weighted by Gasteiger charge is -2.27. The number of nitrogens with zero attached hydrogens (tertiary/aromatic N) is 3. The van der Waals surface area contributed by atoms with Gasteiger partial charge in [0, 0.05) is 59.2 Å². The summed E-state index contributed by atoms with van der Waals surface area (Å²) in [6.07, 6.45) is -0.723. The van der Waals surface area contributed by atoms with Gasteiger partial charge in [-0.25, -0.2) is 15.0 Å². The van der Waals surface area contributed by atoms with E-state index in [0.29, 0.717) is 29.4 Å². The number of aryl methyl sites for hydroxylation is 1. The number of rotatable bonds is 7. The summed E-state index contributed by atoms with van der Waals surface area (Å²) in [7, 11) is 0. The van der Waals surface area contributed by atoms with Crippen LogP contribution < -0.4 is 15.4 Å². The van der Waals surface area contributed by atoms with Crippen molar-refractivity contribution in [3.8, 4) is 16.3 Å². The molecule has 0 bridgehead atoms. The summed E-state index contributed by atoms with van der Waals surface area (Å²) >= 11 is 1.51. The molecular weight excluding hydrogens is 455 g/mol. The number of carbonyl (C=O) groups excluding carboxylic acids is 1. The highest BCUT2D eigenvalue weighted by Crippen LogP contribution is 2.30. The second kappa shape index (κ2) is 9.44. The second-order valence-corrected chi connectivity index (χ2v) is 9.13. The third-order valence-electron chi connectivity index (χ3n) is 5.16. The standard InChI is InChI=1S/C22H22F3N5O2S/c1-12-6-27-20(33-12)16-3-15(4-18(5-16)32-11-14-7-26-8-14)19(31)30-13(2)17-9-28-21(29-10-17)22(23,24)25/h3-6,9-10,13-14,26H,7-8,11H2,1-2H3,(H,30,31). The third kappa shape index (κ3) is 5.66. The van der Waals surface area contributed by atoms with Crippen LogP contribution in [-0.4, -0.2) is 40.6 Å². The monoisotopic (exact) mass is 477 g/mol. The molecule has 1 amide bonds. The lowest BCUT2D eigenvalue weighted by atomic mass is 10.1. The van der Waals surface area contributed by atoms with Gasteiger partial charge in [-0.3, -0.25) is 4.79 Å². The smallest absolute Gasteiger partial charge is 0.451 e. The van der Waals surface area contributed by atoms with Crippen molar-refractivity contribution in [3.05, 3.63) is 58.6 Å². The fraction of sp³-hybridized carbons (Fsp3) is 0.364. The van der Waals surface area contributed by atoms with E-state index in [1.165, 1.54) is 11.3 Å². The Morgan fingerprint density at radius 2 is 1.94 bits per heavy atom. The number of carbonyl (C=O) groups is 1. The number of benzene rings is 1. The van der Waals surface area contributed by atoms with Crippen LogP contribution >= 0.6 is 11.3 Å². The molecule has 0 saturated carbocycles. The minimum absolute atomic E-state index is 0.358. The fourth-order valence-electron chi connectivity index (χ4n) is 3.18. The number of aromatic nitrogens is 3. The number of nitrogens with one attached hydrogen (secondary N) is 2. The van der Waals surface area contributed by atoms with Gasteiger partial charge in [0.1, 0.15) is 10.8 Å². The molecule has 33 heavy (non-hydrogen) atoms. The van der Waals surface area contributed by atoms with Crippen LogP contribution in [0.4, 0.5) is 13.2 Å². The van der Waals surface area contributed by atoms with Gasteiger partial charge in [0.25, 0.3) is 5.91 Å². The van der Waals surface area contributed by atoms with E-state index in [-0.39, 0.29) is 0 Å².